The van der Waals surface area contributed by atoms with E-state index in [1.165, 1.54) is 19.3 Å². The number of nitrogens with one attached hydrogen (secondary N) is 1. The van der Waals surface area contributed by atoms with Gasteiger partial charge < -0.3 is 19.7 Å². The van der Waals surface area contributed by atoms with Crippen LogP contribution < -0.4 is 5.32 Å². The Morgan fingerprint density at radius 2 is 2.24 bits per heavy atom. The number of hydrogen-bond acceptors (Lipinski definition) is 4. The van der Waals surface area contributed by atoms with Gasteiger partial charge in [-0.2, -0.15) is 0 Å². The van der Waals surface area contributed by atoms with Crippen molar-refractivity contribution in [3.63, 3.8) is 0 Å². The Kier molecular flexibility index (Phi) is 5.71. The number of rotatable bonds is 7. The van der Waals surface area contributed by atoms with Crippen molar-refractivity contribution >= 4 is 0 Å². The van der Waals surface area contributed by atoms with Crippen LogP contribution in [0, 0.1) is 5.92 Å². The van der Waals surface area contributed by atoms with Gasteiger partial charge >= 0.3 is 0 Å². The van der Waals surface area contributed by atoms with Gasteiger partial charge in [0, 0.05) is 39.4 Å². The summed E-state index contributed by atoms with van der Waals surface area (Å²) in [6.45, 7) is 7.21. The summed E-state index contributed by atoms with van der Waals surface area (Å²) in [5.74, 6) is 0.735. The molecule has 2 aliphatic heterocycles. The molecule has 0 amide bonds. The minimum Gasteiger partial charge on any atom is -0.381 e. The average Bonchev–Trinajstić information content (AvgIpc) is 2.96. The van der Waals surface area contributed by atoms with Gasteiger partial charge in [0.05, 0.1) is 12.7 Å². The lowest BCUT2D eigenvalue weighted by atomic mass is 10.1. The van der Waals surface area contributed by atoms with Gasteiger partial charge in [-0.3, -0.25) is 0 Å². The van der Waals surface area contributed by atoms with E-state index < -0.39 is 0 Å². The van der Waals surface area contributed by atoms with E-state index in [1.807, 2.05) is 0 Å². The van der Waals surface area contributed by atoms with E-state index in [9.17, 15) is 0 Å². The fourth-order valence-electron chi connectivity index (χ4n) is 2.55. The van der Waals surface area contributed by atoms with Gasteiger partial charge in [-0.1, -0.05) is 0 Å². The van der Waals surface area contributed by atoms with Crippen molar-refractivity contribution in [3.8, 4) is 0 Å². The molecule has 0 aromatic rings. The summed E-state index contributed by atoms with van der Waals surface area (Å²) in [6, 6.07) is 0. The Balaban J connectivity index is 1.46. The van der Waals surface area contributed by atoms with E-state index in [0.29, 0.717) is 6.10 Å². The Bertz CT molecular complexity index is 202. The standard InChI is InChI=1S/C13H26N2O2/c1-15(10-13-3-2-7-17-13)6-5-14-9-12-4-8-16-11-12/h12-14H,2-11H2,1H3. The molecule has 17 heavy (non-hydrogen) atoms. The first-order valence-corrected chi connectivity index (χ1v) is 6.93. The maximum absolute atomic E-state index is 5.63. The fraction of sp³-hybridized carbons (Fsp3) is 1.00. The van der Waals surface area contributed by atoms with E-state index in [4.69, 9.17) is 9.47 Å². The number of hydrogen-bond donors (Lipinski definition) is 1. The molecule has 2 aliphatic rings. The lowest BCUT2D eigenvalue weighted by molar-refractivity contribution is 0.0814. The molecule has 4 nitrogen and oxygen atoms in total. The van der Waals surface area contributed by atoms with Crippen molar-refractivity contribution in [2.45, 2.75) is 25.4 Å². The molecule has 0 bridgehead atoms. The first kappa shape index (κ1) is 13.3. The fourth-order valence-corrected chi connectivity index (χ4v) is 2.55. The smallest absolute Gasteiger partial charge is 0.0702 e. The molecule has 2 fully saturated rings. The second-order valence-corrected chi connectivity index (χ2v) is 5.33. The van der Waals surface area contributed by atoms with Crippen LogP contribution in [0.5, 0.6) is 0 Å². The molecule has 2 unspecified atom stereocenters. The van der Waals surface area contributed by atoms with Crippen LogP contribution in [0.1, 0.15) is 19.3 Å². The SMILES string of the molecule is CN(CCNCC1CCOC1)CC1CCCO1. The molecule has 0 saturated carbocycles. The van der Waals surface area contributed by atoms with Gasteiger partial charge in [0.25, 0.3) is 0 Å². The monoisotopic (exact) mass is 242 g/mol. The predicted octanol–water partition coefficient (Wildman–Crippen LogP) is 0.723. The maximum Gasteiger partial charge on any atom is 0.0702 e. The van der Waals surface area contributed by atoms with Crippen LogP contribution in [0.4, 0.5) is 0 Å². The molecule has 4 heteroatoms. The molecule has 0 aromatic heterocycles. The molecule has 2 rings (SSSR count). The molecule has 0 radical (unpaired) electrons. The van der Waals surface area contributed by atoms with Crippen LogP contribution in [0.2, 0.25) is 0 Å². The quantitative estimate of drug-likeness (QED) is 0.667. The molecule has 100 valence electrons. The van der Waals surface area contributed by atoms with Crippen LogP contribution in [-0.4, -0.2) is 64.1 Å². The number of ether oxygens (including phenoxy) is 2. The summed E-state index contributed by atoms with van der Waals surface area (Å²) < 4.78 is 11.0. The van der Waals surface area contributed by atoms with Crippen molar-refractivity contribution in [3.05, 3.63) is 0 Å². The molecule has 1 N–H and O–H groups in total. The molecule has 2 saturated heterocycles. The summed E-state index contributed by atoms with van der Waals surface area (Å²) in [7, 11) is 2.18. The van der Waals surface area contributed by atoms with Gasteiger partial charge in [-0.25, -0.2) is 0 Å². The maximum atomic E-state index is 5.63. The highest BCUT2D eigenvalue weighted by Gasteiger charge is 2.17. The third-order valence-corrected chi connectivity index (χ3v) is 3.67. The van der Waals surface area contributed by atoms with Gasteiger partial charge in [-0.15, -0.1) is 0 Å². The van der Waals surface area contributed by atoms with Crippen molar-refractivity contribution in [2.75, 3.05) is 53.0 Å². The second-order valence-electron chi connectivity index (χ2n) is 5.33. The molecule has 2 heterocycles. The minimum atomic E-state index is 0.475. The summed E-state index contributed by atoms with van der Waals surface area (Å²) in [4.78, 5) is 2.37. The van der Waals surface area contributed by atoms with Crippen LogP contribution in [0.3, 0.4) is 0 Å². The van der Waals surface area contributed by atoms with E-state index in [-0.39, 0.29) is 0 Å². The zero-order valence-electron chi connectivity index (χ0n) is 11.0. The Hall–Kier alpha value is -0.160. The van der Waals surface area contributed by atoms with E-state index in [0.717, 1.165) is 51.9 Å². The van der Waals surface area contributed by atoms with Crippen LogP contribution in [0.15, 0.2) is 0 Å². The largest absolute Gasteiger partial charge is 0.381 e. The molecular weight excluding hydrogens is 216 g/mol. The Morgan fingerprint density at radius 3 is 2.94 bits per heavy atom. The van der Waals surface area contributed by atoms with Gasteiger partial charge in [0.2, 0.25) is 0 Å². The first-order chi connectivity index (χ1) is 8.34. The van der Waals surface area contributed by atoms with Gasteiger partial charge in [0.15, 0.2) is 0 Å². The normalized spacial score (nSPS) is 29.3. The topological polar surface area (TPSA) is 33.7 Å². The van der Waals surface area contributed by atoms with Gasteiger partial charge in [0.1, 0.15) is 0 Å². The van der Waals surface area contributed by atoms with Crippen LogP contribution in [0.25, 0.3) is 0 Å². The van der Waals surface area contributed by atoms with Gasteiger partial charge in [-0.05, 0) is 32.2 Å². The average molecular weight is 242 g/mol. The van der Waals surface area contributed by atoms with Crippen molar-refractivity contribution in [2.24, 2.45) is 5.92 Å². The first-order valence-electron chi connectivity index (χ1n) is 6.93. The molecule has 2 atom stereocenters. The van der Waals surface area contributed by atoms with E-state index >= 15 is 0 Å². The lowest BCUT2D eigenvalue weighted by Crippen LogP contribution is -2.36. The van der Waals surface area contributed by atoms with E-state index in [1.54, 1.807) is 0 Å². The lowest BCUT2D eigenvalue weighted by Gasteiger charge is -2.21. The molecular formula is C13H26N2O2. The van der Waals surface area contributed by atoms with Crippen molar-refractivity contribution in [1.82, 2.24) is 10.2 Å². The van der Waals surface area contributed by atoms with Crippen molar-refractivity contribution < 1.29 is 9.47 Å². The third kappa shape index (κ3) is 4.92. The summed E-state index contributed by atoms with van der Waals surface area (Å²) in [5.41, 5.74) is 0. The van der Waals surface area contributed by atoms with Crippen LogP contribution >= 0.6 is 0 Å². The van der Waals surface area contributed by atoms with E-state index in [2.05, 4.69) is 17.3 Å². The zero-order chi connectivity index (χ0) is 11.9. The number of nitrogens with zero attached hydrogens (tertiary/aromatic N) is 1. The summed E-state index contributed by atoms with van der Waals surface area (Å²) in [5, 5.41) is 3.52. The highest BCUT2D eigenvalue weighted by Crippen LogP contribution is 2.12. The summed E-state index contributed by atoms with van der Waals surface area (Å²) in [6.07, 6.45) is 4.16. The minimum absolute atomic E-state index is 0.475. The predicted molar refractivity (Wildman–Crippen MR) is 68.3 cm³/mol. The highest BCUT2D eigenvalue weighted by atomic mass is 16.5. The van der Waals surface area contributed by atoms with Crippen molar-refractivity contribution in [1.29, 1.82) is 0 Å². The summed E-state index contributed by atoms with van der Waals surface area (Å²) >= 11 is 0. The Labute approximate surface area is 105 Å². The molecule has 0 aliphatic carbocycles. The molecule has 0 aromatic carbocycles. The number of likely N-dealkylation sites (N-methyl/N-ethyl adjacent to an activating group) is 1. The molecule has 0 spiro atoms. The Morgan fingerprint density at radius 1 is 1.29 bits per heavy atom. The second kappa shape index (κ2) is 7.31. The third-order valence-electron chi connectivity index (χ3n) is 3.67. The zero-order valence-corrected chi connectivity index (χ0v) is 11.0. The highest BCUT2D eigenvalue weighted by molar-refractivity contribution is 4.70. The van der Waals surface area contributed by atoms with Crippen LogP contribution in [-0.2, 0) is 9.47 Å².